The van der Waals surface area contributed by atoms with Gasteiger partial charge in [0.25, 0.3) is 0 Å². The van der Waals surface area contributed by atoms with Crippen molar-refractivity contribution in [3.05, 3.63) is 34.6 Å². The summed E-state index contributed by atoms with van der Waals surface area (Å²) in [6.07, 6.45) is 1.88. The second-order valence-corrected chi connectivity index (χ2v) is 8.63. The first-order chi connectivity index (χ1) is 10.7. The first-order valence-electron chi connectivity index (χ1n) is 7.34. The Morgan fingerprint density at radius 2 is 2.22 bits per heavy atom. The molecule has 128 valence electrons. The van der Waals surface area contributed by atoms with Crippen LogP contribution in [0.15, 0.2) is 18.2 Å². The number of benzene rings is 1. The average molecular weight is 363 g/mol. The van der Waals surface area contributed by atoms with Gasteiger partial charge >= 0.3 is 6.03 Å². The van der Waals surface area contributed by atoms with Crippen LogP contribution in [0.1, 0.15) is 24.9 Å². The average Bonchev–Trinajstić information content (AvgIpc) is 2.88. The third-order valence-electron chi connectivity index (χ3n) is 3.90. The normalized spacial score (nSPS) is 19.7. The number of urea groups is 1. The van der Waals surface area contributed by atoms with E-state index in [0.29, 0.717) is 25.1 Å². The zero-order chi connectivity index (χ0) is 17.2. The Hall–Kier alpha value is -1.34. The summed E-state index contributed by atoms with van der Waals surface area (Å²) in [7, 11) is -3.04. The van der Waals surface area contributed by atoms with Crippen molar-refractivity contribution in [2.45, 2.75) is 19.4 Å². The van der Waals surface area contributed by atoms with Crippen LogP contribution in [0.3, 0.4) is 0 Å². The largest absolute Gasteiger partial charge is 0.331 e. The van der Waals surface area contributed by atoms with E-state index < -0.39 is 15.7 Å². The number of hydrogen-bond donors (Lipinski definition) is 1. The van der Waals surface area contributed by atoms with Gasteiger partial charge in [0.1, 0.15) is 15.7 Å². The van der Waals surface area contributed by atoms with Crippen molar-refractivity contribution >= 4 is 27.5 Å². The Morgan fingerprint density at radius 1 is 1.52 bits per heavy atom. The first kappa shape index (κ1) is 18.0. The number of rotatable bonds is 4. The number of sulfone groups is 1. The minimum Gasteiger partial charge on any atom is -0.331 e. The maximum absolute atomic E-state index is 13.2. The van der Waals surface area contributed by atoms with E-state index in [2.05, 4.69) is 5.32 Å². The predicted molar refractivity (Wildman–Crippen MR) is 87.7 cm³/mol. The van der Waals surface area contributed by atoms with Gasteiger partial charge in [-0.2, -0.15) is 0 Å². The fourth-order valence-corrected chi connectivity index (χ4v) is 4.04. The van der Waals surface area contributed by atoms with Gasteiger partial charge in [0.2, 0.25) is 0 Å². The molecular formula is C15H20ClFN2O3S. The van der Waals surface area contributed by atoms with Gasteiger partial charge in [-0.05, 0) is 37.0 Å². The summed E-state index contributed by atoms with van der Waals surface area (Å²) in [4.78, 5) is 13.9. The van der Waals surface area contributed by atoms with Gasteiger partial charge in [0.05, 0.1) is 16.8 Å². The SMILES string of the molecule is C[C@H](NC(=O)N1CC[C@@H](CS(C)(=O)=O)C1)c1ccc(F)c(Cl)c1. The predicted octanol–water partition coefficient (Wildman–Crippen LogP) is 2.62. The second kappa shape index (κ2) is 7.05. The Morgan fingerprint density at radius 3 is 2.83 bits per heavy atom. The molecule has 2 rings (SSSR count). The summed E-state index contributed by atoms with van der Waals surface area (Å²) >= 11 is 5.75. The van der Waals surface area contributed by atoms with Crippen molar-refractivity contribution < 1.29 is 17.6 Å². The lowest BCUT2D eigenvalue weighted by molar-refractivity contribution is 0.204. The minimum absolute atomic E-state index is 0.0120. The lowest BCUT2D eigenvalue weighted by atomic mass is 10.1. The summed E-state index contributed by atoms with van der Waals surface area (Å²) in [5.74, 6) is -0.427. The Labute approximate surface area is 140 Å². The van der Waals surface area contributed by atoms with Gasteiger partial charge in [0, 0.05) is 19.3 Å². The molecular weight excluding hydrogens is 343 g/mol. The van der Waals surface area contributed by atoms with E-state index >= 15 is 0 Å². The standard InChI is InChI=1S/C15H20ClFN2O3S/c1-10(12-3-4-14(17)13(16)7-12)18-15(20)19-6-5-11(8-19)9-23(2,21)22/h3-4,7,10-11H,5-6,8-9H2,1-2H3,(H,18,20)/t10-,11+/m0/s1. The van der Waals surface area contributed by atoms with Gasteiger partial charge in [-0.1, -0.05) is 17.7 Å². The van der Waals surface area contributed by atoms with E-state index in [1.54, 1.807) is 17.9 Å². The monoisotopic (exact) mass is 362 g/mol. The molecule has 0 radical (unpaired) electrons. The van der Waals surface area contributed by atoms with Gasteiger partial charge < -0.3 is 10.2 Å². The van der Waals surface area contributed by atoms with Gasteiger partial charge in [-0.25, -0.2) is 17.6 Å². The van der Waals surface area contributed by atoms with Crippen LogP contribution in [0, 0.1) is 11.7 Å². The number of carbonyl (C=O) groups excluding carboxylic acids is 1. The molecule has 1 aliphatic rings. The molecule has 1 fully saturated rings. The van der Waals surface area contributed by atoms with Crippen LogP contribution in [0.5, 0.6) is 0 Å². The summed E-state index contributed by atoms with van der Waals surface area (Å²) in [5.41, 5.74) is 0.705. The van der Waals surface area contributed by atoms with E-state index in [1.165, 1.54) is 18.4 Å². The van der Waals surface area contributed by atoms with Crippen LogP contribution < -0.4 is 5.32 Å². The molecule has 1 aromatic rings. The Balaban J connectivity index is 1.93. The van der Waals surface area contributed by atoms with Crippen molar-refractivity contribution in [1.29, 1.82) is 0 Å². The molecule has 1 heterocycles. The molecule has 2 amide bonds. The fraction of sp³-hybridized carbons (Fsp3) is 0.533. The fourth-order valence-electron chi connectivity index (χ4n) is 2.72. The van der Waals surface area contributed by atoms with Crippen LogP contribution in [-0.2, 0) is 9.84 Å². The van der Waals surface area contributed by atoms with Crippen LogP contribution >= 0.6 is 11.6 Å². The molecule has 23 heavy (non-hydrogen) atoms. The molecule has 0 saturated carbocycles. The van der Waals surface area contributed by atoms with Crippen molar-refractivity contribution in [3.8, 4) is 0 Å². The summed E-state index contributed by atoms with van der Waals surface area (Å²) in [6.45, 7) is 2.74. The molecule has 8 heteroatoms. The molecule has 0 bridgehead atoms. The molecule has 2 atom stereocenters. The third-order valence-corrected chi connectivity index (χ3v) is 5.26. The smallest absolute Gasteiger partial charge is 0.317 e. The quantitative estimate of drug-likeness (QED) is 0.895. The molecule has 1 saturated heterocycles. The highest BCUT2D eigenvalue weighted by molar-refractivity contribution is 7.90. The maximum Gasteiger partial charge on any atom is 0.317 e. The zero-order valence-corrected chi connectivity index (χ0v) is 14.6. The molecule has 0 aromatic heterocycles. The number of halogens is 2. The highest BCUT2D eigenvalue weighted by Crippen LogP contribution is 2.22. The number of likely N-dealkylation sites (tertiary alicyclic amines) is 1. The van der Waals surface area contributed by atoms with Crippen LogP contribution in [0.2, 0.25) is 5.02 Å². The molecule has 0 aliphatic carbocycles. The van der Waals surface area contributed by atoms with Crippen molar-refractivity contribution in [1.82, 2.24) is 10.2 Å². The van der Waals surface area contributed by atoms with Crippen LogP contribution in [-0.4, -0.2) is 44.4 Å². The summed E-state index contributed by atoms with van der Waals surface area (Å²) in [6, 6.07) is 3.74. The van der Waals surface area contributed by atoms with E-state index in [0.717, 1.165) is 0 Å². The van der Waals surface area contributed by atoms with Crippen molar-refractivity contribution in [2.24, 2.45) is 5.92 Å². The lowest BCUT2D eigenvalue weighted by Crippen LogP contribution is -2.40. The van der Waals surface area contributed by atoms with E-state index in [4.69, 9.17) is 11.6 Å². The van der Waals surface area contributed by atoms with E-state index in [-0.39, 0.29) is 28.8 Å². The maximum atomic E-state index is 13.2. The lowest BCUT2D eigenvalue weighted by Gasteiger charge is -2.21. The topological polar surface area (TPSA) is 66.5 Å². The third kappa shape index (κ3) is 5.07. The van der Waals surface area contributed by atoms with E-state index in [9.17, 15) is 17.6 Å². The zero-order valence-electron chi connectivity index (χ0n) is 13.1. The number of hydrogen-bond acceptors (Lipinski definition) is 3. The summed E-state index contributed by atoms with van der Waals surface area (Å²) in [5, 5.41) is 2.84. The second-order valence-electron chi connectivity index (χ2n) is 6.04. The van der Waals surface area contributed by atoms with Crippen molar-refractivity contribution in [2.75, 3.05) is 25.1 Å². The summed E-state index contributed by atoms with van der Waals surface area (Å²) < 4.78 is 35.8. The van der Waals surface area contributed by atoms with Gasteiger partial charge in [-0.15, -0.1) is 0 Å². The minimum atomic E-state index is -3.04. The first-order valence-corrected chi connectivity index (χ1v) is 9.77. The number of amides is 2. The molecule has 1 N–H and O–H groups in total. The number of carbonyl (C=O) groups is 1. The molecule has 0 unspecified atom stereocenters. The highest BCUT2D eigenvalue weighted by Gasteiger charge is 2.29. The van der Waals surface area contributed by atoms with Crippen LogP contribution in [0.4, 0.5) is 9.18 Å². The van der Waals surface area contributed by atoms with Crippen LogP contribution in [0.25, 0.3) is 0 Å². The molecule has 1 aromatic carbocycles. The molecule has 5 nitrogen and oxygen atoms in total. The van der Waals surface area contributed by atoms with Gasteiger partial charge in [-0.3, -0.25) is 0 Å². The number of nitrogens with one attached hydrogen (secondary N) is 1. The van der Waals surface area contributed by atoms with E-state index in [1.807, 2.05) is 0 Å². The molecule has 1 aliphatic heterocycles. The Bertz CT molecular complexity index is 696. The van der Waals surface area contributed by atoms with Gasteiger partial charge in [0.15, 0.2) is 0 Å². The molecule has 0 spiro atoms. The highest BCUT2D eigenvalue weighted by atomic mass is 35.5. The number of nitrogens with zero attached hydrogens (tertiary/aromatic N) is 1. The Kier molecular flexibility index (Phi) is 5.52. The van der Waals surface area contributed by atoms with Crippen molar-refractivity contribution in [3.63, 3.8) is 0 Å².